The SMILES string of the molecule is CNc1cc(-c2cnn(-c3ccc(C(=O)NCCCCc4ccc5c(c4)n(C)c(=O)n5C4CCC(=O)NC4=O)cc3)c2)nn2c(C(=O)N[C@@H]3C[C@@H]3F)cnc12. The van der Waals surface area contributed by atoms with Crippen molar-refractivity contribution in [1.29, 1.82) is 0 Å². The molecule has 1 aliphatic carbocycles. The zero-order valence-electron chi connectivity index (χ0n) is 30.1. The fourth-order valence-electron chi connectivity index (χ4n) is 6.92. The number of unbranched alkanes of at least 4 members (excludes halogenated alkanes) is 1. The fraction of sp³-hybridized carbons (Fsp3) is 0.316. The molecule has 4 N–H and O–H groups in total. The van der Waals surface area contributed by atoms with Gasteiger partial charge in [0.1, 0.15) is 12.2 Å². The van der Waals surface area contributed by atoms with Gasteiger partial charge in [0.05, 0.1) is 46.5 Å². The van der Waals surface area contributed by atoms with Gasteiger partial charge >= 0.3 is 5.69 Å². The molecule has 2 aliphatic rings. The third-order valence-corrected chi connectivity index (χ3v) is 10.1. The minimum absolute atomic E-state index is 0.186. The first kappa shape index (κ1) is 35.4. The van der Waals surface area contributed by atoms with E-state index in [1.165, 1.54) is 19.8 Å². The van der Waals surface area contributed by atoms with Gasteiger partial charge in [0.25, 0.3) is 11.8 Å². The Labute approximate surface area is 312 Å². The van der Waals surface area contributed by atoms with Gasteiger partial charge in [-0.3, -0.25) is 33.6 Å². The number of rotatable bonds is 12. The Morgan fingerprint density at radius 2 is 1.80 bits per heavy atom. The van der Waals surface area contributed by atoms with Gasteiger partial charge in [-0.2, -0.15) is 10.2 Å². The van der Waals surface area contributed by atoms with Crippen LogP contribution < -0.4 is 27.0 Å². The molecule has 2 aromatic carbocycles. The minimum atomic E-state index is -1.03. The number of anilines is 1. The number of halogens is 1. The van der Waals surface area contributed by atoms with Gasteiger partial charge in [0.2, 0.25) is 11.8 Å². The largest absolute Gasteiger partial charge is 0.385 e. The van der Waals surface area contributed by atoms with E-state index in [2.05, 4.69) is 36.4 Å². The summed E-state index contributed by atoms with van der Waals surface area (Å²) in [4.78, 5) is 67.2. The number of amides is 4. The molecule has 4 aromatic heterocycles. The lowest BCUT2D eigenvalue weighted by Crippen LogP contribution is -2.44. The van der Waals surface area contributed by atoms with Crippen molar-refractivity contribution in [3.8, 4) is 16.9 Å². The molecule has 8 rings (SSSR count). The smallest absolute Gasteiger partial charge is 0.329 e. The molecular weight excluding hydrogens is 709 g/mol. The van der Waals surface area contributed by atoms with Crippen molar-refractivity contribution < 1.29 is 23.6 Å². The van der Waals surface area contributed by atoms with E-state index >= 15 is 0 Å². The molecule has 17 heteroatoms. The molecule has 1 saturated heterocycles. The van der Waals surface area contributed by atoms with E-state index < -0.39 is 30.1 Å². The number of imidazole rings is 2. The lowest BCUT2D eigenvalue weighted by atomic mass is 10.0. The second-order valence-electron chi connectivity index (χ2n) is 13.8. The van der Waals surface area contributed by atoms with Gasteiger partial charge in [0, 0.05) is 50.8 Å². The number of nitrogens with one attached hydrogen (secondary N) is 4. The Kier molecular flexibility index (Phi) is 9.20. The maximum Gasteiger partial charge on any atom is 0.329 e. The van der Waals surface area contributed by atoms with Gasteiger partial charge in [-0.15, -0.1) is 0 Å². The Hall–Kier alpha value is -6.65. The van der Waals surface area contributed by atoms with Crippen LogP contribution in [0.4, 0.5) is 10.1 Å². The highest BCUT2D eigenvalue weighted by Crippen LogP contribution is 2.28. The predicted octanol–water partition coefficient (Wildman–Crippen LogP) is 2.85. The Morgan fingerprint density at radius 1 is 1.00 bits per heavy atom. The number of hydrogen-bond donors (Lipinski definition) is 4. The summed E-state index contributed by atoms with van der Waals surface area (Å²) in [5.41, 5.74) is 5.85. The summed E-state index contributed by atoms with van der Waals surface area (Å²) >= 11 is 0. The first-order valence-corrected chi connectivity index (χ1v) is 18.1. The van der Waals surface area contributed by atoms with E-state index in [-0.39, 0.29) is 36.0 Å². The summed E-state index contributed by atoms with van der Waals surface area (Å²) in [6, 6.07) is 13.4. The van der Waals surface area contributed by atoms with Crippen LogP contribution in [0.15, 0.2) is 71.9 Å². The minimum Gasteiger partial charge on any atom is -0.385 e. The van der Waals surface area contributed by atoms with Crippen molar-refractivity contribution in [2.75, 3.05) is 18.9 Å². The van der Waals surface area contributed by atoms with E-state index in [9.17, 15) is 28.4 Å². The highest BCUT2D eigenvalue weighted by atomic mass is 19.1. The zero-order chi connectivity index (χ0) is 38.4. The van der Waals surface area contributed by atoms with Crippen molar-refractivity contribution in [2.45, 2.75) is 56.8 Å². The zero-order valence-corrected chi connectivity index (χ0v) is 30.1. The van der Waals surface area contributed by atoms with Gasteiger partial charge in [-0.05, 0) is 73.7 Å². The van der Waals surface area contributed by atoms with Gasteiger partial charge in [-0.25, -0.2) is 23.4 Å². The van der Waals surface area contributed by atoms with Crippen LogP contribution in [0.1, 0.15) is 64.6 Å². The summed E-state index contributed by atoms with van der Waals surface area (Å²) in [5.74, 6) is -1.44. The summed E-state index contributed by atoms with van der Waals surface area (Å²) in [6.45, 7) is 0.485. The summed E-state index contributed by atoms with van der Waals surface area (Å²) in [5, 5.41) is 20.2. The van der Waals surface area contributed by atoms with Crippen LogP contribution in [0, 0.1) is 0 Å². The molecule has 282 valence electrons. The van der Waals surface area contributed by atoms with Gasteiger partial charge in [0.15, 0.2) is 11.3 Å². The number of aromatic nitrogens is 7. The number of hydrogen-bond acceptors (Lipinski definition) is 9. The molecule has 1 saturated carbocycles. The van der Waals surface area contributed by atoms with Crippen LogP contribution in [0.2, 0.25) is 0 Å². The van der Waals surface area contributed by atoms with Crippen LogP contribution in [0.5, 0.6) is 0 Å². The van der Waals surface area contributed by atoms with Crippen LogP contribution in [-0.2, 0) is 23.1 Å². The Balaban J connectivity index is 0.863. The predicted molar refractivity (Wildman–Crippen MR) is 200 cm³/mol. The fourth-order valence-corrected chi connectivity index (χ4v) is 6.92. The number of imide groups is 1. The average molecular weight is 748 g/mol. The van der Waals surface area contributed by atoms with Crippen molar-refractivity contribution in [3.63, 3.8) is 0 Å². The molecule has 0 radical (unpaired) electrons. The van der Waals surface area contributed by atoms with E-state index in [1.807, 2.05) is 24.3 Å². The normalized spacial score (nSPS) is 18.1. The number of piperidine rings is 1. The van der Waals surface area contributed by atoms with Crippen LogP contribution in [0.3, 0.4) is 0 Å². The van der Waals surface area contributed by atoms with Crippen molar-refractivity contribution in [1.82, 2.24) is 49.5 Å². The first-order chi connectivity index (χ1) is 26.6. The molecular formula is C38H38FN11O5. The molecule has 5 heterocycles. The van der Waals surface area contributed by atoms with E-state index in [0.717, 1.165) is 30.5 Å². The average Bonchev–Trinajstić information content (AvgIpc) is 3.52. The summed E-state index contributed by atoms with van der Waals surface area (Å²) in [7, 11) is 3.42. The number of benzene rings is 2. The lowest BCUT2D eigenvalue weighted by Gasteiger charge is -2.21. The molecule has 2 fully saturated rings. The van der Waals surface area contributed by atoms with Crippen LogP contribution in [-0.4, -0.2) is 82.9 Å². The molecule has 55 heavy (non-hydrogen) atoms. The van der Waals surface area contributed by atoms with Crippen molar-refractivity contribution in [3.05, 3.63) is 94.4 Å². The third-order valence-electron chi connectivity index (χ3n) is 10.1. The van der Waals surface area contributed by atoms with E-state index in [1.54, 1.807) is 55.4 Å². The molecule has 16 nitrogen and oxygen atoms in total. The summed E-state index contributed by atoms with van der Waals surface area (Å²) < 4.78 is 19.5. The highest BCUT2D eigenvalue weighted by Gasteiger charge is 2.39. The number of aryl methyl sites for hydroxylation is 2. The lowest BCUT2D eigenvalue weighted by molar-refractivity contribution is -0.135. The Morgan fingerprint density at radius 3 is 2.55 bits per heavy atom. The second-order valence-corrected chi connectivity index (χ2v) is 13.8. The number of nitrogens with zero attached hydrogens (tertiary/aromatic N) is 7. The summed E-state index contributed by atoms with van der Waals surface area (Å²) in [6.07, 6.45) is 6.89. The Bertz CT molecular complexity index is 2550. The van der Waals surface area contributed by atoms with E-state index in [4.69, 9.17) is 0 Å². The van der Waals surface area contributed by atoms with Crippen molar-refractivity contribution >= 4 is 46.0 Å². The number of alkyl halides is 1. The molecule has 6 aromatic rings. The topological polar surface area (TPSA) is 191 Å². The standard InChI is InChI=1S/C38H38FN11O5/c1-40-28-17-26(46-50-32(19-42-34(28)50)37(54)44-27-16-25(27)39)23-18-43-48(20-23)24-9-7-22(8-10-24)35(52)41-14-4-3-5-21-6-11-29-31(15-21)47(2)38(55)49(29)30-12-13-33(51)45-36(30)53/h6-11,15,17-20,25,27,30,40H,3-5,12-14,16H2,1-2H3,(H,41,52)(H,44,54)(H,45,51,53)/t25-,27+,30?/m0/s1. The molecule has 0 spiro atoms. The van der Waals surface area contributed by atoms with Crippen molar-refractivity contribution in [2.24, 2.45) is 7.05 Å². The monoisotopic (exact) mass is 747 g/mol. The molecule has 1 aliphatic heterocycles. The van der Waals surface area contributed by atoms with Gasteiger partial charge < -0.3 is 16.0 Å². The maximum absolute atomic E-state index is 13.4. The third kappa shape index (κ3) is 6.84. The number of fused-ring (bicyclic) bond motifs is 2. The second kappa shape index (κ2) is 14.3. The first-order valence-electron chi connectivity index (χ1n) is 18.1. The molecule has 1 unspecified atom stereocenters. The van der Waals surface area contributed by atoms with E-state index in [0.29, 0.717) is 52.2 Å². The van der Waals surface area contributed by atoms with Gasteiger partial charge in [-0.1, -0.05) is 6.07 Å². The maximum atomic E-state index is 13.4. The highest BCUT2D eigenvalue weighted by molar-refractivity contribution is 6.00. The van der Waals surface area contributed by atoms with Crippen LogP contribution in [0.25, 0.3) is 33.6 Å². The quantitative estimate of drug-likeness (QED) is 0.108. The molecule has 3 atom stereocenters. The number of carbonyl (C=O) groups is 4. The molecule has 0 bridgehead atoms. The number of carbonyl (C=O) groups excluding carboxylic acids is 4. The van der Waals surface area contributed by atoms with Crippen LogP contribution >= 0.6 is 0 Å². The molecule has 4 amide bonds.